The minimum atomic E-state index is -0.102. The second-order valence-electron chi connectivity index (χ2n) is 5.97. The first-order valence-electron chi connectivity index (χ1n) is 7.44. The number of nitrogens with zero attached hydrogens (tertiary/aromatic N) is 2. The topological polar surface area (TPSA) is 18.5 Å². The van der Waals surface area contributed by atoms with Crippen LogP contribution in [0.2, 0.25) is 0 Å². The molecule has 0 heterocycles. The summed E-state index contributed by atoms with van der Waals surface area (Å²) in [6.45, 7) is 2.62. The first-order chi connectivity index (χ1) is 9.58. The number of anilines is 1. The Bertz CT molecular complexity index is 430. The molecule has 3 nitrogen and oxygen atoms in total. The molecule has 1 N–H and O–H groups in total. The standard InChI is InChI=1S/C16H26FN3/c1-19(2)10-5-11-20(3)16-7-4-6-15(17)14(16)12-18-13-8-9-13/h4,6-7,13,18H,5,8-12H2,1-3H3. The smallest absolute Gasteiger partial charge is 0.129 e. The molecule has 0 atom stereocenters. The van der Waals surface area contributed by atoms with Gasteiger partial charge in [0.05, 0.1) is 0 Å². The maximum Gasteiger partial charge on any atom is 0.129 e. The molecule has 0 bridgehead atoms. The number of hydrogen-bond acceptors (Lipinski definition) is 3. The summed E-state index contributed by atoms with van der Waals surface area (Å²) in [5.74, 6) is -0.102. The van der Waals surface area contributed by atoms with Crippen LogP contribution in [0.3, 0.4) is 0 Å². The van der Waals surface area contributed by atoms with E-state index in [0.29, 0.717) is 12.6 Å². The lowest BCUT2D eigenvalue weighted by Gasteiger charge is -2.24. The van der Waals surface area contributed by atoms with Crippen molar-refractivity contribution < 1.29 is 4.39 Å². The highest BCUT2D eigenvalue weighted by molar-refractivity contribution is 5.53. The van der Waals surface area contributed by atoms with E-state index in [0.717, 1.165) is 30.8 Å². The monoisotopic (exact) mass is 279 g/mol. The van der Waals surface area contributed by atoms with Crippen LogP contribution in [0, 0.1) is 5.82 Å². The maximum atomic E-state index is 14.1. The average molecular weight is 279 g/mol. The second-order valence-corrected chi connectivity index (χ2v) is 5.97. The normalized spacial score (nSPS) is 14.8. The van der Waals surface area contributed by atoms with Crippen molar-refractivity contribution in [2.45, 2.75) is 31.8 Å². The summed E-state index contributed by atoms with van der Waals surface area (Å²) in [6, 6.07) is 5.97. The zero-order valence-electron chi connectivity index (χ0n) is 12.8. The largest absolute Gasteiger partial charge is 0.374 e. The van der Waals surface area contributed by atoms with Crippen molar-refractivity contribution in [2.75, 3.05) is 39.1 Å². The van der Waals surface area contributed by atoms with Gasteiger partial charge in [-0.1, -0.05) is 6.07 Å². The Hall–Kier alpha value is -1.13. The Morgan fingerprint density at radius 2 is 1.95 bits per heavy atom. The van der Waals surface area contributed by atoms with Crippen molar-refractivity contribution in [1.29, 1.82) is 0 Å². The van der Waals surface area contributed by atoms with Gasteiger partial charge in [-0.15, -0.1) is 0 Å². The molecular formula is C16H26FN3. The Kier molecular flexibility index (Phi) is 5.38. The fourth-order valence-corrected chi connectivity index (χ4v) is 2.36. The summed E-state index contributed by atoms with van der Waals surface area (Å²) in [5.41, 5.74) is 1.81. The van der Waals surface area contributed by atoms with Gasteiger partial charge < -0.3 is 15.1 Å². The maximum absolute atomic E-state index is 14.1. The molecule has 1 aromatic carbocycles. The molecule has 0 spiro atoms. The van der Waals surface area contributed by atoms with E-state index in [4.69, 9.17) is 0 Å². The fourth-order valence-electron chi connectivity index (χ4n) is 2.36. The van der Waals surface area contributed by atoms with Crippen LogP contribution in [0.4, 0.5) is 10.1 Å². The van der Waals surface area contributed by atoms with Crippen molar-refractivity contribution in [2.24, 2.45) is 0 Å². The number of benzene rings is 1. The van der Waals surface area contributed by atoms with Gasteiger partial charge in [0.25, 0.3) is 0 Å². The second kappa shape index (κ2) is 7.04. The summed E-state index contributed by atoms with van der Waals surface area (Å²) < 4.78 is 14.1. The highest BCUT2D eigenvalue weighted by Gasteiger charge is 2.21. The van der Waals surface area contributed by atoms with E-state index in [1.54, 1.807) is 12.1 Å². The number of rotatable bonds is 8. The van der Waals surface area contributed by atoms with Crippen molar-refractivity contribution in [3.63, 3.8) is 0 Å². The molecule has 4 heteroatoms. The zero-order valence-corrected chi connectivity index (χ0v) is 12.8. The van der Waals surface area contributed by atoms with Crippen LogP contribution in [-0.4, -0.2) is 45.2 Å². The van der Waals surface area contributed by atoms with Crippen molar-refractivity contribution in [1.82, 2.24) is 10.2 Å². The van der Waals surface area contributed by atoms with Gasteiger partial charge in [0.2, 0.25) is 0 Å². The van der Waals surface area contributed by atoms with E-state index < -0.39 is 0 Å². The highest BCUT2D eigenvalue weighted by atomic mass is 19.1. The van der Waals surface area contributed by atoms with Crippen LogP contribution in [0.5, 0.6) is 0 Å². The third-order valence-corrected chi connectivity index (χ3v) is 3.75. The summed E-state index contributed by atoms with van der Waals surface area (Å²) in [4.78, 5) is 4.34. The SMILES string of the molecule is CN(C)CCCN(C)c1cccc(F)c1CNC1CC1. The van der Waals surface area contributed by atoms with E-state index >= 15 is 0 Å². The van der Waals surface area contributed by atoms with Gasteiger partial charge in [-0.3, -0.25) is 0 Å². The average Bonchev–Trinajstić information content (AvgIpc) is 3.20. The molecule has 0 amide bonds. The van der Waals surface area contributed by atoms with Crippen LogP contribution in [-0.2, 0) is 6.54 Å². The first kappa shape index (κ1) is 15.3. The predicted molar refractivity (Wildman–Crippen MR) is 82.7 cm³/mol. The Morgan fingerprint density at radius 1 is 1.20 bits per heavy atom. The minimum absolute atomic E-state index is 0.102. The van der Waals surface area contributed by atoms with Gasteiger partial charge in [0, 0.05) is 37.4 Å². The van der Waals surface area contributed by atoms with Crippen molar-refractivity contribution >= 4 is 5.69 Å². The molecular weight excluding hydrogens is 253 g/mol. The third kappa shape index (κ3) is 4.46. The lowest BCUT2D eigenvalue weighted by atomic mass is 10.1. The van der Waals surface area contributed by atoms with E-state index in [-0.39, 0.29) is 5.82 Å². The van der Waals surface area contributed by atoms with Crippen molar-refractivity contribution in [3.05, 3.63) is 29.6 Å². The quantitative estimate of drug-likeness (QED) is 0.788. The fraction of sp³-hybridized carbons (Fsp3) is 0.625. The zero-order chi connectivity index (χ0) is 14.5. The van der Waals surface area contributed by atoms with Gasteiger partial charge >= 0.3 is 0 Å². The van der Waals surface area contributed by atoms with Gasteiger partial charge in [-0.05, 0) is 52.0 Å². The predicted octanol–water partition coefficient (Wildman–Crippen LogP) is 2.47. The molecule has 0 saturated heterocycles. The van der Waals surface area contributed by atoms with Crippen LogP contribution in [0.15, 0.2) is 18.2 Å². The molecule has 1 aliphatic carbocycles. The molecule has 1 aromatic rings. The van der Waals surface area contributed by atoms with Gasteiger partial charge in [0.1, 0.15) is 5.82 Å². The molecule has 20 heavy (non-hydrogen) atoms. The van der Waals surface area contributed by atoms with Crippen molar-refractivity contribution in [3.8, 4) is 0 Å². The summed E-state index contributed by atoms with van der Waals surface area (Å²) in [6.07, 6.45) is 3.53. The molecule has 0 aliphatic heterocycles. The Morgan fingerprint density at radius 3 is 2.60 bits per heavy atom. The molecule has 0 aromatic heterocycles. The number of hydrogen-bond donors (Lipinski definition) is 1. The molecule has 1 saturated carbocycles. The Balaban J connectivity index is 1.98. The molecule has 2 rings (SSSR count). The Labute approximate surface area is 121 Å². The number of nitrogens with one attached hydrogen (secondary N) is 1. The highest BCUT2D eigenvalue weighted by Crippen LogP contribution is 2.25. The van der Waals surface area contributed by atoms with Gasteiger partial charge in [-0.2, -0.15) is 0 Å². The third-order valence-electron chi connectivity index (χ3n) is 3.75. The minimum Gasteiger partial charge on any atom is -0.374 e. The molecule has 1 fully saturated rings. The summed E-state index contributed by atoms with van der Waals surface area (Å²) >= 11 is 0. The van der Waals surface area contributed by atoms with Crippen LogP contribution < -0.4 is 10.2 Å². The van der Waals surface area contributed by atoms with Crippen LogP contribution in [0.1, 0.15) is 24.8 Å². The lowest BCUT2D eigenvalue weighted by molar-refractivity contribution is 0.401. The lowest BCUT2D eigenvalue weighted by Crippen LogP contribution is -2.26. The first-order valence-corrected chi connectivity index (χ1v) is 7.44. The molecule has 0 unspecified atom stereocenters. The van der Waals surface area contributed by atoms with Gasteiger partial charge in [0.15, 0.2) is 0 Å². The van der Waals surface area contributed by atoms with E-state index in [2.05, 4.69) is 29.2 Å². The van der Waals surface area contributed by atoms with E-state index in [1.165, 1.54) is 12.8 Å². The molecule has 0 radical (unpaired) electrons. The van der Waals surface area contributed by atoms with Crippen LogP contribution >= 0.6 is 0 Å². The summed E-state index contributed by atoms with van der Waals surface area (Å²) in [5, 5.41) is 3.41. The van der Waals surface area contributed by atoms with Gasteiger partial charge in [-0.25, -0.2) is 4.39 Å². The number of halogens is 1. The van der Waals surface area contributed by atoms with E-state index in [9.17, 15) is 4.39 Å². The van der Waals surface area contributed by atoms with E-state index in [1.807, 2.05) is 13.1 Å². The molecule has 112 valence electrons. The molecule has 1 aliphatic rings. The summed E-state index contributed by atoms with van der Waals surface area (Å²) in [7, 11) is 6.20. The van der Waals surface area contributed by atoms with Crippen LogP contribution in [0.25, 0.3) is 0 Å².